The van der Waals surface area contributed by atoms with Gasteiger partial charge in [0.15, 0.2) is 5.69 Å². The van der Waals surface area contributed by atoms with Gasteiger partial charge in [-0.15, -0.1) is 5.10 Å². The zero-order valence-corrected chi connectivity index (χ0v) is 19.2. The number of rotatable bonds is 6. The number of anilines is 1. The van der Waals surface area contributed by atoms with Crippen molar-refractivity contribution in [2.45, 2.75) is 45.2 Å². The zero-order chi connectivity index (χ0) is 23.7. The molecular formula is C25H27N5O4. The maximum absolute atomic E-state index is 13.4. The third-order valence-corrected chi connectivity index (χ3v) is 6.46. The minimum absolute atomic E-state index is 0.0678. The van der Waals surface area contributed by atoms with E-state index in [0.717, 1.165) is 22.4 Å². The van der Waals surface area contributed by atoms with E-state index in [2.05, 4.69) is 51.7 Å². The highest BCUT2D eigenvalue weighted by molar-refractivity contribution is 5.95. The molecule has 34 heavy (non-hydrogen) atoms. The Balaban J connectivity index is 1.36. The first-order valence-electron chi connectivity index (χ1n) is 11.3. The highest BCUT2D eigenvalue weighted by Crippen LogP contribution is 2.30. The van der Waals surface area contributed by atoms with E-state index in [4.69, 9.17) is 9.47 Å². The molecule has 1 fully saturated rings. The van der Waals surface area contributed by atoms with Crippen molar-refractivity contribution in [2.75, 3.05) is 19.0 Å². The molecule has 176 valence electrons. The lowest BCUT2D eigenvalue weighted by Crippen LogP contribution is -2.39. The predicted molar refractivity (Wildman–Crippen MR) is 124 cm³/mol. The second-order valence-corrected chi connectivity index (χ2v) is 8.86. The van der Waals surface area contributed by atoms with Gasteiger partial charge >= 0.3 is 5.97 Å². The van der Waals surface area contributed by atoms with Crippen molar-refractivity contribution in [3.05, 3.63) is 76.6 Å². The van der Waals surface area contributed by atoms with Crippen LogP contribution in [0, 0.1) is 6.92 Å². The van der Waals surface area contributed by atoms with Crippen LogP contribution in [0.15, 0.2) is 48.7 Å². The summed E-state index contributed by atoms with van der Waals surface area (Å²) < 4.78 is 11.9. The molecule has 0 radical (unpaired) electrons. The smallest absolute Gasteiger partial charge is 0.360 e. The maximum Gasteiger partial charge on any atom is 0.360 e. The number of aryl methyl sites for hydroxylation is 1. The van der Waals surface area contributed by atoms with Gasteiger partial charge in [0.05, 0.1) is 38.6 Å². The van der Waals surface area contributed by atoms with Crippen molar-refractivity contribution in [1.82, 2.24) is 19.9 Å². The average molecular weight is 462 g/mol. The fraction of sp³-hybridized carbons (Fsp3) is 0.360. The summed E-state index contributed by atoms with van der Waals surface area (Å²) in [4.78, 5) is 27.4. The molecule has 2 atom stereocenters. The Hall–Kier alpha value is -3.56. The first kappa shape index (κ1) is 22.2. The first-order valence-corrected chi connectivity index (χ1v) is 11.3. The number of aromatic nitrogens is 3. The van der Waals surface area contributed by atoms with E-state index >= 15 is 0 Å². The molecule has 1 aromatic heterocycles. The van der Waals surface area contributed by atoms with Crippen molar-refractivity contribution >= 4 is 17.6 Å². The van der Waals surface area contributed by atoms with Crippen LogP contribution in [0.3, 0.4) is 0 Å². The van der Waals surface area contributed by atoms with Gasteiger partial charge in [-0.3, -0.25) is 9.69 Å². The van der Waals surface area contributed by atoms with E-state index in [1.807, 2.05) is 18.2 Å². The number of hydrogen-bond acceptors (Lipinski definition) is 7. The number of nitrogens with zero attached hydrogens (tertiary/aromatic N) is 4. The molecule has 2 aromatic carbocycles. The lowest BCUT2D eigenvalue weighted by atomic mass is 10.1. The monoisotopic (exact) mass is 461 g/mol. The topological polar surface area (TPSA) is 98.6 Å². The number of methoxy groups -OCH3 is 1. The number of ether oxygens (including phenoxy) is 2. The highest BCUT2D eigenvalue weighted by Gasteiger charge is 2.38. The zero-order valence-electron chi connectivity index (χ0n) is 19.2. The molecule has 9 nitrogen and oxygen atoms in total. The number of esters is 1. The number of hydrogen-bond donors (Lipinski definition) is 1. The molecule has 1 amide bonds. The minimum Gasteiger partial charge on any atom is -0.464 e. The van der Waals surface area contributed by atoms with Crippen LogP contribution < -0.4 is 5.32 Å². The van der Waals surface area contributed by atoms with Gasteiger partial charge in [0.1, 0.15) is 0 Å². The van der Waals surface area contributed by atoms with Gasteiger partial charge in [0.25, 0.3) is 0 Å². The number of carbonyl (C=O) groups is 2. The lowest BCUT2D eigenvalue weighted by Gasteiger charge is -2.23. The fourth-order valence-corrected chi connectivity index (χ4v) is 4.58. The molecule has 2 aliphatic rings. The van der Waals surface area contributed by atoms with Gasteiger partial charge in [-0.05, 0) is 42.2 Å². The van der Waals surface area contributed by atoms with Gasteiger partial charge < -0.3 is 14.8 Å². The highest BCUT2D eigenvalue weighted by atomic mass is 16.5. The van der Waals surface area contributed by atoms with Crippen LogP contribution in [0.4, 0.5) is 5.69 Å². The average Bonchev–Trinajstić information content (AvgIpc) is 3.59. The Morgan fingerprint density at radius 3 is 2.74 bits per heavy atom. The van der Waals surface area contributed by atoms with E-state index in [1.54, 1.807) is 10.9 Å². The van der Waals surface area contributed by atoms with Gasteiger partial charge in [0, 0.05) is 18.8 Å². The summed E-state index contributed by atoms with van der Waals surface area (Å²) in [5.74, 6) is -0.600. The fourth-order valence-electron chi connectivity index (χ4n) is 4.58. The maximum atomic E-state index is 13.4. The van der Waals surface area contributed by atoms with Crippen LogP contribution in [0.25, 0.3) is 0 Å². The van der Waals surface area contributed by atoms with E-state index < -0.39 is 5.97 Å². The van der Waals surface area contributed by atoms with Crippen molar-refractivity contribution < 1.29 is 19.1 Å². The number of nitrogens with one attached hydrogen (secondary N) is 1. The first-order chi connectivity index (χ1) is 16.5. The number of benzene rings is 2. The van der Waals surface area contributed by atoms with Crippen LogP contribution in [0.1, 0.15) is 45.2 Å². The normalized spacial score (nSPS) is 19.7. The molecule has 0 bridgehead atoms. The van der Waals surface area contributed by atoms with Crippen LogP contribution in [0.2, 0.25) is 0 Å². The summed E-state index contributed by atoms with van der Waals surface area (Å²) in [6, 6.07) is 13.8. The van der Waals surface area contributed by atoms with Gasteiger partial charge in [0.2, 0.25) is 5.91 Å². The molecule has 0 saturated carbocycles. The SMILES string of the molecule is COC(=O)c1cn([C@@H]2C[C@@H](C(=O)Nc3ccc4c(c3)COC4)N(Cc3ccc(C)cc3)C2)nn1. The van der Waals surface area contributed by atoms with Crippen LogP contribution in [-0.4, -0.2) is 51.5 Å². The number of carbonyl (C=O) groups excluding carboxylic acids is 2. The largest absolute Gasteiger partial charge is 0.464 e. The quantitative estimate of drug-likeness (QED) is 0.564. The molecule has 3 heterocycles. The Kier molecular flexibility index (Phi) is 6.12. The standard InChI is InChI=1S/C25H27N5O4/c1-16-3-5-17(6-4-16)11-29-12-21(30-13-22(27-28-30)25(32)33-2)10-23(29)24(31)26-20-8-7-18-14-34-15-19(18)9-20/h3-9,13,21,23H,10-12,14-15H2,1-2H3,(H,26,31)/t21-,23+/m1/s1. The summed E-state index contributed by atoms with van der Waals surface area (Å²) in [6.45, 7) is 4.47. The second-order valence-electron chi connectivity index (χ2n) is 8.86. The Bertz CT molecular complexity index is 1210. The molecular weight excluding hydrogens is 434 g/mol. The number of amides is 1. The molecule has 3 aromatic rings. The predicted octanol–water partition coefficient (Wildman–Crippen LogP) is 2.86. The Morgan fingerprint density at radius 1 is 1.15 bits per heavy atom. The van der Waals surface area contributed by atoms with Crippen molar-refractivity contribution in [3.8, 4) is 0 Å². The summed E-state index contributed by atoms with van der Waals surface area (Å²) >= 11 is 0. The van der Waals surface area contributed by atoms with Gasteiger partial charge in [-0.1, -0.05) is 41.1 Å². The van der Waals surface area contributed by atoms with E-state index in [9.17, 15) is 9.59 Å². The van der Waals surface area contributed by atoms with E-state index in [-0.39, 0.29) is 23.7 Å². The van der Waals surface area contributed by atoms with Crippen LogP contribution in [-0.2, 0) is 34.0 Å². The molecule has 9 heteroatoms. The lowest BCUT2D eigenvalue weighted by molar-refractivity contribution is -0.120. The summed E-state index contributed by atoms with van der Waals surface area (Å²) in [5.41, 5.74) is 5.51. The summed E-state index contributed by atoms with van der Waals surface area (Å²) in [6.07, 6.45) is 2.14. The Morgan fingerprint density at radius 2 is 1.94 bits per heavy atom. The van der Waals surface area contributed by atoms with Crippen LogP contribution >= 0.6 is 0 Å². The number of fused-ring (bicyclic) bond motifs is 1. The van der Waals surface area contributed by atoms with Crippen LogP contribution in [0.5, 0.6) is 0 Å². The Labute approximate surface area is 197 Å². The third-order valence-electron chi connectivity index (χ3n) is 6.46. The molecule has 1 saturated heterocycles. The molecule has 0 spiro atoms. The van der Waals surface area contributed by atoms with E-state index in [0.29, 0.717) is 32.7 Å². The third kappa shape index (κ3) is 4.57. The molecule has 2 aliphatic heterocycles. The van der Waals surface area contributed by atoms with Gasteiger partial charge in [-0.25, -0.2) is 9.48 Å². The molecule has 1 N–H and O–H groups in total. The molecule has 0 unspecified atom stereocenters. The van der Waals surface area contributed by atoms with Crippen molar-refractivity contribution in [3.63, 3.8) is 0 Å². The van der Waals surface area contributed by atoms with Crippen molar-refractivity contribution in [1.29, 1.82) is 0 Å². The molecule has 5 rings (SSSR count). The van der Waals surface area contributed by atoms with Gasteiger partial charge in [-0.2, -0.15) is 0 Å². The molecule has 0 aliphatic carbocycles. The summed E-state index contributed by atoms with van der Waals surface area (Å²) in [5, 5.41) is 11.1. The van der Waals surface area contributed by atoms with Crippen molar-refractivity contribution in [2.24, 2.45) is 0 Å². The second kappa shape index (κ2) is 9.36. The summed E-state index contributed by atoms with van der Waals surface area (Å²) in [7, 11) is 1.31. The van der Waals surface area contributed by atoms with E-state index in [1.165, 1.54) is 12.7 Å². The number of likely N-dealkylation sites (tertiary alicyclic amines) is 1. The minimum atomic E-state index is -0.532.